The zero-order chi connectivity index (χ0) is 19.8. The van der Waals surface area contributed by atoms with Gasteiger partial charge in [0.05, 0.1) is 14.1 Å². The summed E-state index contributed by atoms with van der Waals surface area (Å²) in [7, 11) is -1.64. The zero-order valence-corrected chi connectivity index (χ0v) is 18.2. The molecule has 1 aromatic rings. The number of carbonyl (C=O) groups excluding carboxylic acids is 2. The molecule has 0 aromatic heterocycles. The quantitative estimate of drug-likeness (QED) is 0.778. The monoisotopic (exact) mass is 388 g/mol. The molecule has 0 saturated carbocycles. The van der Waals surface area contributed by atoms with Crippen LogP contribution >= 0.6 is 0 Å². The Kier molecular flexibility index (Phi) is 5.39. The number of amides is 2. The van der Waals surface area contributed by atoms with Crippen LogP contribution < -0.4 is 5.32 Å². The molecular formula is C21H32N2O3Si. The molecule has 27 heavy (non-hydrogen) atoms. The lowest BCUT2D eigenvalue weighted by Gasteiger charge is -2.31. The first-order valence-corrected chi connectivity index (χ1v) is 13.3. The molecule has 0 unspecified atom stereocenters. The highest BCUT2D eigenvalue weighted by atomic mass is 28.3. The molecular weight excluding hydrogens is 356 g/mol. The van der Waals surface area contributed by atoms with E-state index >= 15 is 0 Å². The van der Waals surface area contributed by atoms with Gasteiger partial charge in [-0.3, -0.25) is 9.69 Å². The van der Waals surface area contributed by atoms with E-state index in [-0.39, 0.29) is 18.0 Å². The SMILES string of the molecule is CC(C)(C)OC(=O)N1C[Si](C)(C)C[C@H]1C(=O)N[C@@H]1CCCc2ccccc21. The number of aryl methyl sites for hydroxylation is 1. The lowest BCUT2D eigenvalue weighted by atomic mass is 9.87. The first-order valence-electron chi connectivity index (χ1n) is 9.94. The third-order valence-corrected chi connectivity index (χ3v) is 8.03. The van der Waals surface area contributed by atoms with E-state index in [4.69, 9.17) is 4.74 Å². The van der Waals surface area contributed by atoms with Crippen molar-refractivity contribution in [1.29, 1.82) is 0 Å². The summed E-state index contributed by atoms with van der Waals surface area (Å²) < 4.78 is 5.57. The van der Waals surface area contributed by atoms with Crippen molar-refractivity contribution in [3.63, 3.8) is 0 Å². The summed E-state index contributed by atoms with van der Waals surface area (Å²) in [5.74, 6) is -0.0411. The molecule has 1 aliphatic heterocycles. The largest absolute Gasteiger partial charge is 0.444 e. The summed E-state index contributed by atoms with van der Waals surface area (Å²) in [6.45, 7) is 10.0. The summed E-state index contributed by atoms with van der Waals surface area (Å²) in [5, 5.41) is 3.24. The van der Waals surface area contributed by atoms with Gasteiger partial charge < -0.3 is 10.1 Å². The molecule has 1 N–H and O–H groups in total. The number of nitrogens with one attached hydrogen (secondary N) is 1. The fraction of sp³-hybridized carbons (Fsp3) is 0.619. The molecule has 1 fully saturated rings. The molecule has 148 valence electrons. The van der Waals surface area contributed by atoms with Crippen molar-refractivity contribution >= 4 is 20.1 Å². The smallest absolute Gasteiger partial charge is 0.410 e. The number of nitrogens with zero attached hydrogens (tertiary/aromatic N) is 1. The van der Waals surface area contributed by atoms with E-state index in [2.05, 4.69) is 36.6 Å². The predicted molar refractivity (Wildman–Crippen MR) is 109 cm³/mol. The first kappa shape index (κ1) is 19.9. The van der Waals surface area contributed by atoms with Crippen molar-refractivity contribution < 1.29 is 14.3 Å². The van der Waals surface area contributed by atoms with Crippen LogP contribution in [0.2, 0.25) is 19.1 Å². The number of hydrogen-bond acceptors (Lipinski definition) is 3. The maximum absolute atomic E-state index is 13.2. The molecule has 1 saturated heterocycles. The number of carbonyl (C=O) groups is 2. The second-order valence-electron chi connectivity index (χ2n) is 9.64. The van der Waals surface area contributed by atoms with Crippen molar-refractivity contribution in [2.75, 3.05) is 6.17 Å². The van der Waals surface area contributed by atoms with Gasteiger partial charge in [0.25, 0.3) is 0 Å². The Morgan fingerprint density at radius 3 is 2.63 bits per heavy atom. The summed E-state index contributed by atoms with van der Waals surface area (Å²) in [4.78, 5) is 27.5. The normalized spacial score (nSPS) is 24.3. The molecule has 0 radical (unpaired) electrons. The molecule has 3 rings (SSSR count). The van der Waals surface area contributed by atoms with E-state index in [1.807, 2.05) is 26.8 Å². The van der Waals surface area contributed by atoms with E-state index in [1.165, 1.54) is 11.1 Å². The number of benzene rings is 1. The third kappa shape index (κ3) is 4.72. The zero-order valence-electron chi connectivity index (χ0n) is 17.2. The predicted octanol–water partition coefficient (Wildman–Crippen LogP) is 4.05. The Labute approximate surface area is 163 Å². The van der Waals surface area contributed by atoms with Gasteiger partial charge >= 0.3 is 6.09 Å². The lowest BCUT2D eigenvalue weighted by Crippen LogP contribution is -2.48. The molecule has 1 aromatic carbocycles. The molecule has 5 nitrogen and oxygen atoms in total. The number of rotatable bonds is 2. The van der Waals surface area contributed by atoms with Gasteiger partial charge in [-0.15, -0.1) is 0 Å². The van der Waals surface area contributed by atoms with E-state index in [0.29, 0.717) is 6.17 Å². The Hall–Kier alpha value is -1.82. The van der Waals surface area contributed by atoms with Gasteiger partial charge in [0.2, 0.25) is 5.91 Å². The Morgan fingerprint density at radius 1 is 1.22 bits per heavy atom. The van der Waals surface area contributed by atoms with E-state index in [0.717, 1.165) is 25.3 Å². The Bertz CT molecular complexity index is 726. The van der Waals surface area contributed by atoms with Crippen LogP contribution in [0.15, 0.2) is 24.3 Å². The molecule has 2 atom stereocenters. The van der Waals surface area contributed by atoms with E-state index in [1.54, 1.807) is 4.90 Å². The average molecular weight is 389 g/mol. The average Bonchev–Trinajstić information content (AvgIpc) is 2.90. The number of ether oxygens (including phenoxy) is 1. The first-order chi connectivity index (χ1) is 12.6. The summed E-state index contributed by atoms with van der Waals surface area (Å²) in [6, 6.07) is 8.74. The molecule has 1 heterocycles. The second-order valence-corrected chi connectivity index (χ2v) is 14.7. The molecule has 0 bridgehead atoms. The van der Waals surface area contributed by atoms with Crippen molar-refractivity contribution in [2.24, 2.45) is 0 Å². The topological polar surface area (TPSA) is 58.6 Å². The van der Waals surface area contributed by atoms with E-state index < -0.39 is 19.7 Å². The molecule has 2 aliphatic rings. The lowest BCUT2D eigenvalue weighted by molar-refractivity contribution is -0.126. The molecule has 2 amide bonds. The van der Waals surface area contributed by atoms with Gasteiger partial charge in [0, 0.05) is 6.17 Å². The van der Waals surface area contributed by atoms with E-state index in [9.17, 15) is 9.59 Å². The minimum absolute atomic E-state index is 0.0355. The van der Waals surface area contributed by atoms with Crippen LogP contribution in [0.3, 0.4) is 0 Å². The van der Waals surface area contributed by atoms with Crippen LogP contribution in [0.5, 0.6) is 0 Å². The van der Waals surface area contributed by atoms with Crippen LogP contribution in [-0.2, 0) is 16.0 Å². The highest BCUT2D eigenvalue weighted by Crippen LogP contribution is 2.32. The standard InChI is InChI=1S/C21H32N2O3Si/c1-21(2,3)26-20(25)23-14-27(4,5)13-18(23)19(24)22-17-12-8-10-15-9-6-7-11-16(15)17/h6-7,9,11,17-18H,8,10,12-14H2,1-5H3,(H,22,24)/t17-,18+/m1/s1. The molecule has 6 heteroatoms. The number of hydrogen-bond donors (Lipinski definition) is 1. The maximum atomic E-state index is 13.2. The highest BCUT2D eigenvalue weighted by Gasteiger charge is 2.46. The molecule has 0 spiro atoms. The third-order valence-electron chi connectivity index (χ3n) is 5.34. The highest BCUT2D eigenvalue weighted by molar-refractivity contribution is 6.79. The summed E-state index contributed by atoms with van der Waals surface area (Å²) >= 11 is 0. The molecule has 1 aliphatic carbocycles. The van der Waals surface area contributed by atoms with Crippen LogP contribution in [-0.4, -0.2) is 42.8 Å². The van der Waals surface area contributed by atoms with Crippen LogP contribution in [0.1, 0.15) is 50.8 Å². The van der Waals surface area contributed by atoms with Crippen LogP contribution in [0, 0.1) is 0 Å². The summed E-state index contributed by atoms with van der Waals surface area (Å²) in [5.41, 5.74) is 1.98. The fourth-order valence-electron chi connectivity index (χ4n) is 4.19. The Morgan fingerprint density at radius 2 is 1.93 bits per heavy atom. The fourth-order valence-corrected chi connectivity index (χ4v) is 7.04. The second kappa shape index (κ2) is 7.30. The van der Waals surface area contributed by atoms with Gasteiger partial charge in [-0.25, -0.2) is 4.79 Å². The minimum Gasteiger partial charge on any atom is -0.444 e. The van der Waals surface area contributed by atoms with Crippen molar-refractivity contribution in [2.45, 2.75) is 76.9 Å². The van der Waals surface area contributed by atoms with Gasteiger partial charge in [0.1, 0.15) is 11.6 Å². The Balaban J connectivity index is 1.75. The maximum Gasteiger partial charge on any atom is 0.410 e. The minimum atomic E-state index is -1.64. The summed E-state index contributed by atoms with van der Waals surface area (Å²) in [6.07, 6.45) is 3.38. The van der Waals surface area contributed by atoms with Crippen molar-refractivity contribution in [1.82, 2.24) is 10.2 Å². The van der Waals surface area contributed by atoms with Gasteiger partial charge in [-0.1, -0.05) is 37.4 Å². The van der Waals surface area contributed by atoms with Gasteiger partial charge in [-0.05, 0) is 57.2 Å². The van der Waals surface area contributed by atoms with Gasteiger partial charge in [-0.2, -0.15) is 0 Å². The van der Waals surface area contributed by atoms with Crippen LogP contribution in [0.4, 0.5) is 4.79 Å². The number of fused-ring (bicyclic) bond motifs is 1. The van der Waals surface area contributed by atoms with Crippen molar-refractivity contribution in [3.8, 4) is 0 Å². The van der Waals surface area contributed by atoms with Crippen molar-refractivity contribution in [3.05, 3.63) is 35.4 Å². The van der Waals surface area contributed by atoms with Gasteiger partial charge in [0.15, 0.2) is 0 Å². The van der Waals surface area contributed by atoms with Crippen LogP contribution in [0.25, 0.3) is 0 Å².